The van der Waals surface area contributed by atoms with Gasteiger partial charge in [0.15, 0.2) is 12.2 Å². The molecule has 2 aromatic rings. The summed E-state index contributed by atoms with van der Waals surface area (Å²) in [6, 6.07) is 5.86. The first-order valence-corrected chi connectivity index (χ1v) is 6.68. The van der Waals surface area contributed by atoms with Gasteiger partial charge in [-0.15, -0.1) is 0 Å². The molecule has 0 radical (unpaired) electrons. The Morgan fingerprint density at radius 3 is 2.68 bits per heavy atom. The summed E-state index contributed by atoms with van der Waals surface area (Å²) in [7, 11) is 0. The van der Waals surface area contributed by atoms with Crippen LogP contribution in [0.15, 0.2) is 29.0 Å². The zero-order chi connectivity index (χ0) is 14.0. The summed E-state index contributed by atoms with van der Waals surface area (Å²) in [5, 5.41) is 4.17. The normalized spacial score (nSPS) is 11.8. The summed E-state index contributed by atoms with van der Waals surface area (Å²) in [4.78, 5) is 4.29. The Balaban J connectivity index is 2.26. The molecule has 0 saturated heterocycles. The molecule has 1 N–H and O–H groups in total. The lowest BCUT2D eigenvalue weighted by atomic mass is 10.1. The molecule has 0 aliphatic carbocycles. The van der Waals surface area contributed by atoms with Crippen LogP contribution in [0.3, 0.4) is 0 Å². The van der Waals surface area contributed by atoms with Crippen molar-refractivity contribution < 1.29 is 4.42 Å². The molecule has 0 amide bonds. The lowest BCUT2D eigenvalue weighted by Gasteiger charge is -2.19. The Hall–Kier alpha value is -1.32. The van der Waals surface area contributed by atoms with Crippen LogP contribution >= 0.6 is 11.6 Å². The number of halogens is 1. The summed E-state index contributed by atoms with van der Waals surface area (Å²) in [5.41, 5.74) is 3.00. The van der Waals surface area contributed by atoms with Crippen molar-refractivity contribution >= 4 is 11.6 Å². The zero-order valence-corrected chi connectivity index (χ0v) is 12.5. The summed E-state index contributed by atoms with van der Waals surface area (Å²) in [6.07, 6.45) is 1.49. The molecular formula is C15H19ClN2O. The summed E-state index contributed by atoms with van der Waals surface area (Å²) in [6.45, 7) is 9.03. The van der Waals surface area contributed by atoms with Crippen LogP contribution in [0.25, 0.3) is 11.3 Å². The van der Waals surface area contributed by atoms with Crippen molar-refractivity contribution in [2.75, 3.05) is 0 Å². The molecular weight excluding hydrogens is 260 g/mol. The standard InChI is InChI=1S/C15H19ClN2O/c1-10-7-11(5-6-12(10)16)14-13(17-9-19-14)8-18-15(2,3)4/h5-7,9,18H,8H2,1-4H3. The number of nitrogens with zero attached hydrogens (tertiary/aromatic N) is 1. The van der Waals surface area contributed by atoms with E-state index in [-0.39, 0.29) is 5.54 Å². The van der Waals surface area contributed by atoms with Crippen molar-refractivity contribution in [2.45, 2.75) is 39.8 Å². The Kier molecular flexibility index (Phi) is 3.97. The zero-order valence-electron chi connectivity index (χ0n) is 11.7. The molecule has 0 fully saturated rings. The van der Waals surface area contributed by atoms with Crippen LogP contribution in [-0.2, 0) is 6.54 Å². The van der Waals surface area contributed by atoms with E-state index < -0.39 is 0 Å². The summed E-state index contributed by atoms with van der Waals surface area (Å²) >= 11 is 6.04. The maximum atomic E-state index is 6.04. The predicted octanol–water partition coefficient (Wildman–Crippen LogP) is 4.19. The van der Waals surface area contributed by atoms with Crippen molar-refractivity contribution in [1.29, 1.82) is 0 Å². The van der Waals surface area contributed by atoms with Gasteiger partial charge in [0, 0.05) is 22.7 Å². The van der Waals surface area contributed by atoms with E-state index in [1.807, 2.05) is 25.1 Å². The van der Waals surface area contributed by atoms with Crippen molar-refractivity contribution in [3.05, 3.63) is 40.9 Å². The van der Waals surface area contributed by atoms with Gasteiger partial charge in [-0.05, 0) is 51.5 Å². The third-order valence-corrected chi connectivity index (χ3v) is 3.27. The molecule has 4 heteroatoms. The number of rotatable bonds is 3. The van der Waals surface area contributed by atoms with E-state index in [9.17, 15) is 0 Å². The molecule has 0 aliphatic rings. The topological polar surface area (TPSA) is 38.1 Å². The Morgan fingerprint density at radius 2 is 2.05 bits per heavy atom. The first kappa shape index (κ1) is 14.1. The van der Waals surface area contributed by atoms with Gasteiger partial charge in [0.05, 0.1) is 0 Å². The highest BCUT2D eigenvalue weighted by molar-refractivity contribution is 6.31. The number of benzene rings is 1. The van der Waals surface area contributed by atoms with Gasteiger partial charge in [0.2, 0.25) is 0 Å². The number of oxazole rings is 1. The Morgan fingerprint density at radius 1 is 1.32 bits per heavy atom. The molecule has 1 aromatic carbocycles. The fourth-order valence-corrected chi connectivity index (χ4v) is 1.88. The van der Waals surface area contributed by atoms with Gasteiger partial charge in [-0.25, -0.2) is 4.98 Å². The van der Waals surface area contributed by atoms with E-state index >= 15 is 0 Å². The minimum atomic E-state index is 0.0478. The highest BCUT2D eigenvalue weighted by Crippen LogP contribution is 2.27. The largest absolute Gasteiger partial charge is 0.443 e. The first-order chi connectivity index (χ1) is 8.87. The third kappa shape index (κ3) is 3.58. The Labute approximate surface area is 119 Å². The molecule has 0 spiro atoms. The lowest BCUT2D eigenvalue weighted by molar-refractivity contribution is 0.421. The van der Waals surface area contributed by atoms with Crippen LogP contribution in [0.2, 0.25) is 5.02 Å². The number of hydrogen-bond acceptors (Lipinski definition) is 3. The molecule has 0 bridgehead atoms. The predicted molar refractivity (Wildman–Crippen MR) is 78.3 cm³/mol. The molecule has 1 aromatic heterocycles. The van der Waals surface area contributed by atoms with Gasteiger partial charge in [0.1, 0.15) is 5.69 Å². The number of nitrogens with one attached hydrogen (secondary N) is 1. The molecule has 19 heavy (non-hydrogen) atoms. The third-order valence-electron chi connectivity index (χ3n) is 2.85. The first-order valence-electron chi connectivity index (χ1n) is 6.31. The van der Waals surface area contributed by atoms with Gasteiger partial charge < -0.3 is 9.73 Å². The molecule has 1 heterocycles. The van der Waals surface area contributed by atoms with Gasteiger partial charge in [-0.3, -0.25) is 0 Å². The maximum Gasteiger partial charge on any atom is 0.181 e. The molecule has 0 atom stereocenters. The molecule has 0 aliphatic heterocycles. The van der Waals surface area contributed by atoms with Crippen molar-refractivity contribution in [3.8, 4) is 11.3 Å². The van der Waals surface area contributed by atoms with Crippen LogP contribution in [0.4, 0.5) is 0 Å². The molecule has 102 valence electrons. The van der Waals surface area contributed by atoms with Crippen molar-refractivity contribution in [3.63, 3.8) is 0 Å². The van der Waals surface area contributed by atoms with Crippen molar-refractivity contribution in [1.82, 2.24) is 10.3 Å². The highest BCUT2D eigenvalue weighted by atomic mass is 35.5. The van der Waals surface area contributed by atoms with Gasteiger partial charge >= 0.3 is 0 Å². The second-order valence-corrected chi connectivity index (χ2v) is 6.10. The maximum absolute atomic E-state index is 6.04. The number of aromatic nitrogens is 1. The number of hydrogen-bond donors (Lipinski definition) is 1. The molecule has 0 unspecified atom stereocenters. The van der Waals surface area contributed by atoms with Crippen LogP contribution in [0.5, 0.6) is 0 Å². The van der Waals surface area contributed by atoms with E-state index in [0.29, 0.717) is 6.54 Å². The van der Waals surface area contributed by atoms with E-state index in [0.717, 1.165) is 27.6 Å². The smallest absolute Gasteiger partial charge is 0.181 e. The SMILES string of the molecule is Cc1cc(-c2ocnc2CNC(C)(C)C)ccc1Cl. The van der Waals surface area contributed by atoms with Crippen LogP contribution in [0.1, 0.15) is 32.0 Å². The molecule has 3 nitrogen and oxygen atoms in total. The minimum absolute atomic E-state index is 0.0478. The fourth-order valence-electron chi connectivity index (χ4n) is 1.76. The van der Waals surface area contributed by atoms with Crippen LogP contribution in [0, 0.1) is 6.92 Å². The van der Waals surface area contributed by atoms with E-state index in [1.54, 1.807) is 0 Å². The molecule has 2 rings (SSSR count). The minimum Gasteiger partial charge on any atom is -0.443 e. The van der Waals surface area contributed by atoms with Crippen molar-refractivity contribution in [2.24, 2.45) is 0 Å². The second kappa shape index (κ2) is 5.35. The van der Waals surface area contributed by atoms with Crippen LogP contribution < -0.4 is 5.32 Å². The summed E-state index contributed by atoms with van der Waals surface area (Å²) in [5.74, 6) is 0.802. The fraction of sp³-hybridized carbons (Fsp3) is 0.400. The average molecular weight is 279 g/mol. The van der Waals surface area contributed by atoms with E-state index in [1.165, 1.54) is 6.39 Å². The lowest BCUT2D eigenvalue weighted by Crippen LogP contribution is -2.35. The molecule has 0 saturated carbocycles. The second-order valence-electron chi connectivity index (χ2n) is 5.70. The average Bonchev–Trinajstić information content (AvgIpc) is 2.77. The number of aryl methyl sites for hydroxylation is 1. The summed E-state index contributed by atoms with van der Waals surface area (Å²) < 4.78 is 5.52. The van der Waals surface area contributed by atoms with Gasteiger partial charge in [0.25, 0.3) is 0 Å². The van der Waals surface area contributed by atoms with E-state index in [4.69, 9.17) is 16.0 Å². The Bertz CT molecular complexity index is 570. The van der Waals surface area contributed by atoms with Gasteiger partial charge in [-0.2, -0.15) is 0 Å². The highest BCUT2D eigenvalue weighted by Gasteiger charge is 2.15. The van der Waals surface area contributed by atoms with Gasteiger partial charge in [-0.1, -0.05) is 11.6 Å². The van der Waals surface area contributed by atoms with Crippen LogP contribution in [-0.4, -0.2) is 10.5 Å². The quantitative estimate of drug-likeness (QED) is 0.915. The monoisotopic (exact) mass is 278 g/mol. The van der Waals surface area contributed by atoms with E-state index in [2.05, 4.69) is 31.1 Å².